The average Bonchev–Trinajstić information content (AvgIpc) is 3.17. The Hall–Kier alpha value is -1.68. The SMILES string of the molecule is CC(C)(c1ccccc1)c1nc(C2CC2)c(C(=O)O)s1. The lowest BCUT2D eigenvalue weighted by atomic mass is 9.85. The lowest BCUT2D eigenvalue weighted by Crippen LogP contribution is -2.18. The number of hydrogen-bond donors (Lipinski definition) is 1. The van der Waals surface area contributed by atoms with E-state index in [1.54, 1.807) is 0 Å². The summed E-state index contributed by atoms with van der Waals surface area (Å²) in [5, 5.41) is 10.3. The first-order valence-electron chi connectivity index (χ1n) is 6.80. The zero-order valence-electron chi connectivity index (χ0n) is 11.6. The molecule has 0 saturated heterocycles. The van der Waals surface area contributed by atoms with Gasteiger partial charge in [0, 0.05) is 11.3 Å². The summed E-state index contributed by atoms with van der Waals surface area (Å²) in [6.07, 6.45) is 2.13. The fourth-order valence-electron chi connectivity index (χ4n) is 2.36. The smallest absolute Gasteiger partial charge is 0.347 e. The summed E-state index contributed by atoms with van der Waals surface area (Å²) in [7, 11) is 0. The summed E-state index contributed by atoms with van der Waals surface area (Å²) in [4.78, 5) is 16.5. The minimum Gasteiger partial charge on any atom is -0.477 e. The summed E-state index contributed by atoms with van der Waals surface area (Å²) in [6, 6.07) is 10.1. The fraction of sp³-hybridized carbons (Fsp3) is 0.375. The molecule has 1 heterocycles. The van der Waals surface area contributed by atoms with E-state index >= 15 is 0 Å². The van der Waals surface area contributed by atoms with Crippen LogP contribution in [-0.4, -0.2) is 16.1 Å². The van der Waals surface area contributed by atoms with Crippen molar-refractivity contribution in [1.82, 2.24) is 4.98 Å². The van der Waals surface area contributed by atoms with Crippen LogP contribution < -0.4 is 0 Å². The first kappa shape index (κ1) is 13.3. The highest BCUT2D eigenvalue weighted by atomic mass is 32.1. The zero-order chi connectivity index (χ0) is 14.3. The minimum atomic E-state index is -0.848. The molecule has 0 atom stereocenters. The Morgan fingerprint density at radius 2 is 1.95 bits per heavy atom. The van der Waals surface area contributed by atoms with Gasteiger partial charge in [-0.3, -0.25) is 0 Å². The fourth-order valence-corrected chi connectivity index (χ4v) is 3.48. The standard InChI is InChI=1S/C16H17NO2S/c1-16(2,11-6-4-3-5-7-11)15-17-12(10-8-9-10)13(20-15)14(18)19/h3-7,10H,8-9H2,1-2H3,(H,18,19). The summed E-state index contributed by atoms with van der Waals surface area (Å²) < 4.78 is 0. The van der Waals surface area contributed by atoms with Crippen molar-refractivity contribution in [2.75, 3.05) is 0 Å². The molecule has 2 aromatic rings. The van der Waals surface area contributed by atoms with Crippen LogP contribution in [0.1, 0.15) is 58.5 Å². The second-order valence-corrected chi connectivity index (χ2v) is 6.80. The molecule has 1 aliphatic rings. The Balaban J connectivity index is 2.06. The molecule has 3 nitrogen and oxygen atoms in total. The van der Waals surface area contributed by atoms with Gasteiger partial charge in [0.05, 0.1) is 5.69 Å². The Bertz CT molecular complexity index is 642. The Morgan fingerprint density at radius 1 is 1.30 bits per heavy atom. The summed E-state index contributed by atoms with van der Waals surface area (Å²) in [5.74, 6) is -0.489. The van der Waals surface area contributed by atoms with Gasteiger partial charge in [0.15, 0.2) is 0 Å². The van der Waals surface area contributed by atoms with Gasteiger partial charge in [-0.05, 0) is 32.3 Å². The predicted octanol–water partition coefficient (Wildman–Crippen LogP) is 4.04. The van der Waals surface area contributed by atoms with Gasteiger partial charge in [-0.2, -0.15) is 0 Å². The van der Waals surface area contributed by atoms with E-state index in [9.17, 15) is 9.90 Å². The van der Waals surface area contributed by atoms with Crippen molar-refractivity contribution >= 4 is 17.3 Å². The first-order chi connectivity index (χ1) is 9.50. The molecule has 0 amide bonds. The summed E-state index contributed by atoms with van der Waals surface area (Å²) in [6.45, 7) is 4.20. The van der Waals surface area contributed by atoms with E-state index in [4.69, 9.17) is 0 Å². The number of rotatable bonds is 4. The Kier molecular flexibility index (Phi) is 3.13. The van der Waals surface area contributed by atoms with E-state index in [1.165, 1.54) is 11.3 Å². The Morgan fingerprint density at radius 3 is 2.50 bits per heavy atom. The maximum absolute atomic E-state index is 11.4. The van der Waals surface area contributed by atoms with Crippen molar-refractivity contribution in [3.05, 3.63) is 51.5 Å². The molecule has 1 saturated carbocycles. The molecular weight excluding hydrogens is 270 g/mol. The molecule has 0 radical (unpaired) electrons. The number of hydrogen-bond acceptors (Lipinski definition) is 3. The Labute approximate surface area is 122 Å². The van der Waals surface area contributed by atoms with Crippen LogP contribution in [0.15, 0.2) is 30.3 Å². The number of benzene rings is 1. The van der Waals surface area contributed by atoms with Crippen LogP contribution in [0.2, 0.25) is 0 Å². The van der Waals surface area contributed by atoms with Gasteiger partial charge in [0.2, 0.25) is 0 Å². The zero-order valence-corrected chi connectivity index (χ0v) is 12.4. The molecule has 104 valence electrons. The van der Waals surface area contributed by atoms with Gasteiger partial charge in [0.25, 0.3) is 0 Å². The number of thiazole rings is 1. The molecule has 0 aliphatic heterocycles. The first-order valence-corrected chi connectivity index (χ1v) is 7.62. The topological polar surface area (TPSA) is 50.2 Å². The molecule has 1 aromatic heterocycles. The second kappa shape index (κ2) is 4.70. The maximum Gasteiger partial charge on any atom is 0.347 e. The number of aromatic carboxylic acids is 1. The third kappa shape index (κ3) is 2.24. The third-order valence-corrected chi connectivity index (χ3v) is 5.22. The van der Waals surface area contributed by atoms with Crippen molar-refractivity contribution in [1.29, 1.82) is 0 Å². The summed E-state index contributed by atoms with van der Waals surface area (Å²) in [5.41, 5.74) is 1.69. The highest BCUT2D eigenvalue weighted by Crippen LogP contribution is 2.45. The van der Waals surface area contributed by atoms with Gasteiger partial charge in [-0.25, -0.2) is 9.78 Å². The van der Waals surface area contributed by atoms with E-state index in [0.717, 1.165) is 29.1 Å². The van der Waals surface area contributed by atoms with Gasteiger partial charge < -0.3 is 5.11 Å². The molecule has 0 spiro atoms. The lowest BCUT2D eigenvalue weighted by molar-refractivity contribution is 0.0700. The molecule has 0 bridgehead atoms. The van der Waals surface area contributed by atoms with E-state index in [-0.39, 0.29) is 5.41 Å². The molecule has 1 N–H and O–H groups in total. The average molecular weight is 287 g/mol. The molecule has 3 rings (SSSR count). The van der Waals surface area contributed by atoms with Gasteiger partial charge in [0.1, 0.15) is 9.88 Å². The predicted molar refractivity (Wildman–Crippen MR) is 79.6 cm³/mol. The van der Waals surface area contributed by atoms with Crippen molar-refractivity contribution in [3.8, 4) is 0 Å². The molecule has 20 heavy (non-hydrogen) atoms. The monoisotopic (exact) mass is 287 g/mol. The molecule has 1 aliphatic carbocycles. The van der Waals surface area contributed by atoms with E-state index in [1.807, 2.05) is 18.2 Å². The highest BCUT2D eigenvalue weighted by molar-refractivity contribution is 7.13. The van der Waals surface area contributed by atoms with E-state index in [2.05, 4.69) is 31.0 Å². The number of carboxylic acids is 1. The number of aromatic nitrogens is 1. The lowest BCUT2D eigenvalue weighted by Gasteiger charge is -2.22. The van der Waals surface area contributed by atoms with Gasteiger partial charge >= 0.3 is 5.97 Å². The molecule has 4 heteroatoms. The van der Waals surface area contributed by atoms with Crippen LogP contribution in [0.3, 0.4) is 0 Å². The second-order valence-electron chi connectivity index (χ2n) is 5.80. The highest BCUT2D eigenvalue weighted by Gasteiger charge is 2.35. The van der Waals surface area contributed by atoms with Crippen LogP contribution in [0.5, 0.6) is 0 Å². The van der Waals surface area contributed by atoms with Crippen LogP contribution in [0.25, 0.3) is 0 Å². The number of nitrogens with zero attached hydrogens (tertiary/aromatic N) is 1. The van der Waals surface area contributed by atoms with Crippen LogP contribution in [0, 0.1) is 0 Å². The number of carbonyl (C=O) groups is 1. The normalized spacial score (nSPS) is 15.3. The summed E-state index contributed by atoms with van der Waals surface area (Å²) >= 11 is 1.33. The van der Waals surface area contributed by atoms with Crippen molar-refractivity contribution in [2.45, 2.75) is 38.0 Å². The largest absolute Gasteiger partial charge is 0.477 e. The molecule has 0 unspecified atom stereocenters. The third-order valence-electron chi connectivity index (χ3n) is 3.84. The van der Waals surface area contributed by atoms with E-state index < -0.39 is 5.97 Å². The van der Waals surface area contributed by atoms with Crippen LogP contribution in [0.4, 0.5) is 0 Å². The minimum absolute atomic E-state index is 0.261. The van der Waals surface area contributed by atoms with Gasteiger partial charge in [-0.1, -0.05) is 30.3 Å². The number of carboxylic acid groups (broad SMARTS) is 1. The quantitative estimate of drug-likeness (QED) is 0.923. The maximum atomic E-state index is 11.4. The molecule has 1 fully saturated rings. The van der Waals surface area contributed by atoms with Crippen LogP contribution >= 0.6 is 11.3 Å². The van der Waals surface area contributed by atoms with Crippen molar-refractivity contribution in [3.63, 3.8) is 0 Å². The van der Waals surface area contributed by atoms with Crippen molar-refractivity contribution < 1.29 is 9.90 Å². The molecule has 1 aromatic carbocycles. The van der Waals surface area contributed by atoms with E-state index in [0.29, 0.717) is 10.8 Å². The van der Waals surface area contributed by atoms with Crippen LogP contribution in [-0.2, 0) is 5.41 Å². The van der Waals surface area contributed by atoms with Crippen molar-refractivity contribution in [2.24, 2.45) is 0 Å². The molecular formula is C16H17NO2S. The van der Waals surface area contributed by atoms with Gasteiger partial charge in [-0.15, -0.1) is 11.3 Å².